The molecule has 0 radical (unpaired) electrons. The minimum absolute atomic E-state index is 0.0661. The van der Waals surface area contributed by atoms with E-state index < -0.39 is 21.9 Å². The lowest BCUT2D eigenvalue weighted by molar-refractivity contribution is -0.124. The Morgan fingerprint density at radius 2 is 1.92 bits per heavy atom. The number of piperidine rings is 1. The molecule has 1 aliphatic heterocycles. The van der Waals surface area contributed by atoms with Crippen LogP contribution in [0.25, 0.3) is 11.1 Å². The number of sulfonamides is 1. The number of amides is 1. The molecule has 1 amide bonds. The van der Waals surface area contributed by atoms with E-state index in [2.05, 4.69) is 16.7 Å². The molecule has 0 aromatic heterocycles. The fraction of sp³-hybridized carbons (Fsp3) is 0.481. The first kappa shape index (κ1) is 26.3. The lowest BCUT2D eigenvalue weighted by Gasteiger charge is -2.23. The second-order valence-electron chi connectivity index (χ2n) is 9.64. The predicted octanol–water partition coefficient (Wildman–Crippen LogP) is 3.60. The van der Waals surface area contributed by atoms with Crippen LogP contribution in [0.2, 0.25) is 0 Å². The van der Waals surface area contributed by atoms with Gasteiger partial charge in [0, 0.05) is 25.6 Å². The molecule has 2 N–H and O–H groups in total. The SMILES string of the molecule is CCCN(CC)S(=O)(=O)c1ccc(-c2ccc(C[C@@H](C#N)NC(=O)[C@H]3N[C@@H]4CC[C@H]3C4)c(F)c2)cc1. The molecule has 36 heavy (non-hydrogen) atoms. The molecule has 192 valence electrons. The third kappa shape index (κ3) is 5.46. The van der Waals surface area contributed by atoms with Gasteiger partial charge in [-0.3, -0.25) is 4.79 Å². The first-order valence-corrected chi connectivity index (χ1v) is 14.1. The van der Waals surface area contributed by atoms with Crippen molar-refractivity contribution < 1.29 is 17.6 Å². The van der Waals surface area contributed by atoms with Crippen LogP contribution in [-0.2, 0) is 21.2 Å². The third-order valence-corrected chi connectivity index (χ3v) is 9.23. The van der Waals surface area contributed by atoms with Crippen molar-refractivity contribution in [3.8, 4) is 17.2 Å². The molecule has 1 saturated carbocycles. The van der Waals surface area contributed by atoms with Crippen molar-refractivity contribution in [1.29, 1.82) is 5.26 Å². The van der Waals surface area contributed by atoms with E-state index in [1.165, 1.54) is 10.4 Å². The number of carbonyl (C=O) groups excluding carboxylic acids is 1. The molecule has 2 fully saturated rings. The fourth-order valence-electron chi connectivity index (χ4n) is 5.32. The number of nitrogens with zero attached hydrogens (tertiary/aromatic N) is 2. The molecule has 1 saturated heterocycles. The molecule has 2 aromatic rings. The van der Waals surface area contributed by atoms with E-state index in [-0.39, 0.29) is 23.3 Å². The van der Waals surface area contributed by atoms with Crippen molar-refractivity contribution >= 4 is 15.9 Å². The molecular formula is C27H33FN4O3S. The van der Waals surface area contributed by atoms with E-state index in [1.54, 1.807) is 36.4 Å². The van der Waals surface area contributed by atoms with Gasteiger partial charge in [-0.05, 0) is 66.5 Å². The molecule has 4 rings (SSSR count). The van der Waals surface area contributed by atoms with Crippen molar-refractivity contribution in [1.82, 2.24) is 14.9 Å². The number of benzene rings is 2. The monoisotopic (exact) mass is 512 g/mol. The fourth-order valence-corrected chi connectivity index (χ4v) is 6.86. The Kier molecular flexibility index (Phi) is 8.08. The number of nitriles is 1. The van der Waals surface area contributed by atoms with Gasteiger partial charge in [0.25, 0.3) is 0 Å². The summed E-state index contributed by atoms with van der Waals surface area (Å²) in [5, 5.41) is 15.6. The van der Waals surface area contributed by atoms with Gasteiger partial charge in [-0.15, -0.1) is 0 Å². The van der Waals surface area contributed by atoms with Crippen LogP contribution >= 0.6 is 0 Å². The van der Waals surface area contributed by atoms with Crippen LogP contribution < -0.4 is 10.6 Å². The van der Waals surface area contributed by atoms with Crippen LogP contribution in [0.4, 0.5) is 4.39 Å². The number of nitrogens with one attached hydrogen (secondary N) is 2. The van der Waals surface area contributed by atoms with Crippen LogP contribution in [0.15, 0.2) is 47.4 Å². The largest absolute Gasteiger partial charge is 0.339 e. The lowest BCUT2D eigenvalue weighted by atomic mass is 9.98. The molecule has 2 aliphatic rings. The van der Waals surface area contributed by atoms with Gasteiger partial charge in [-0.25, -0.2) is 12.8 Å². The number of hydrogen-bond donors (Lipinski definition) is 2. The summed E-state index contributed by atoms with van der Waals surface area (Å²) in [5.74, 6) is -0.360. The Morgan fingerprint density at radius 1 is 1.19 bits per heavy atom. The van der Waals surface area contributed by atoms with E-state index >= 15 is 0 Å². The van der Waals surface area contributed by atoms with Crippen molar-refractivity contribution in [2.24, 2.45) is 5.92 Å². The van der Waals surface area contributed by atoms with Crippen LogP contribution in [-0.4, -0.2) is 49.8 Å². The number of hydrogen-bond acceptors (Lipinski definition) is 5. The summed E-state index contributed by atoms with van der Waals surface area (Å²) in [5.41, 5.74) is 1.62. The van der Waals surface area contributed by atoms with Crippen molar-refractivity contribution in [3.05, 3.63) is 53.8 Å². The summed E-state index contributed by atoms with van der Waals surface area (Å²) >= 11 is 0. The Hall–Kier alpha value is -2.80. The highest BCUT2D eigenvalue weighted by Gasteiger charge is 2.43. The molecule has 1 aliphatic carbocycles. The standard InChI is InChI=1S/C27H33FN4O3S/c1-3-13-32(4-2)36(34,35)24-11-8-18(9-12-24)19-5-6-20(25(28)16-19)14-23(17-29)31-27(33)26-21-7-10-22(15-21)30-26/h5-6,8-9,11-12,16,21-23,26,30H,3-4,7,10,13-15H2,1-2H3,(H,31,33)/t21-,22+,23-,26-/m0/s1. The van der Waals surface area contributed by atoms with Crippen LogP contribution in [0.5, 0.6) is 0 Å². The molecule has 2 aromatic carbocycles. The number of halogens is 1. The molecule has 0 spiro atoms. The van der Waals surface area contributed by atoms with Gasteiger partial charge >= 0.3 is 0 Å². The van der Waals surface area contributed by atoms with E-state index in [0.29, 0.717) is 41.7 Å². The Bertz CT molecular complexity index is 1240. The maximum atomic E-state index is 15.0. The van der Waals surface area contributed by atoms with Gasteiger partial charge in [-0.1, -0.05) is 38.1 Å². The predicted molar refractivity (Wildman–Crippen MR) is 136 cm³/mol. The maximum absolute atomic E-state index is 15.0. The third-order valence-electron chi connectivity index (χ3n) is 7.24. The Labute approximate surface area is 212 Å². The summed E-state index contributed by atoms with van der Waals surface area (Å²) in [6.07, 6.45) is 3.89. The highest BCUT2D eigenvalue weighted by Crippen LogP contribution is 2.35. The van der Waals surface area contributed by atoms with Crippen molar-refractivity contribution in [2.45, 2.75) is 69.0 Å². The molecule has 2 bridgehead atoms. The highest BCUT2D eigenvalue weighted by atomic mass is 32.2. The average Bonchev–Trinajstić information content (AvgIpc) is 3.52. The number of fused-ring (bicyclic) bond motifs is 2. The zero-order chi connectivity index (χ0) is 25.9. The van der Waals surface area contributed by atoms with Gasteiger partial charge < -0.3 is 10.6 Å². The van der Waals surface area contributed by atoms with Gasteiger partial charge in [-0.2, -0.15) is 9.57 Å². The average molecular weight is 513 g/mol. The minimum atomic E-state index is -3.57. The molecule has 1 heterocycles. The van der Waals surface area contributed by atoms with Gasteiger partial charge in [0.15, 0.2) is 0 Å². The summed E-state index contributed by atoms with van der Waals surface area (Å²) < 4.78 is 42.1. The molecule has 4 atom stereocenters. The van der Waals surface area contributed by atoms with E-state index in [1.807, 2.05) is 13.8 Å². The summed E-state index contributed by atoms with van der Waals surface area (Å²) in [6, 6.07) is 12.5. The van der Waals surface area contributed by atoms with Crippen LogP contribution in [0.1, 0.15) is 45.1 Å². The topological polar surface area (TPSA) is 102 Å². The zero-order valence-corrected chi connectivity index (χ0v) is 21.5. The van der Waals surface area contributed by atoms with Gasteiger partial charge in [0.2, 0.25) is 15.9 Å². The first-order valence-electron chi connectivity index (χ1n) is 12.6. The summed E-state index contributed by atoms with van der Waals surface area (Å²) in [4.78, 5) is 12.9. The normalized spacial score (nSPS) is 21.9. The second kappa shape index (κ2) is 11.1. The molecule has 0 unspecified atom stereocenters. The Balaban J connectivity index is 1.43. The van der Waals surface area contributed by atoms with Gasteiger partial charge in [0.1, 0.15) is 11.9 Å². The van der Waals surface area contributed by atoms with Crippen molar-refractivity contribution in [3.63, 3.8) is 0 Å². The smallest absolute Gasteiger partial charge is 0.243 e. The molecule has 9 heteroatoms. The zero-order valence-electron chi connectivity index (χ0n) is 20.7. The molecule has 7 nitrogen and oxygen atoms in total. The first-order chi connectivity index (χ1) is 17.3. The Morgan fingerprint density at radius 3 is 2.47 bits per heavy atom. The van der Waals surface area contributed by atoms with E-state index in [9.17, 15) is 22.9 Å². The lowest BCUT2D eigenvalue weighted by Crippen LogP contribution is -2.50. The number of carbonyl (C=O) groups is 1. The van der Waals surface area contributed by atoms with Gasteiger partial charge in [0.05, 0.1) is 17.0 Å². The quantitative estimate of drug-likeness (QED) is 0.506. The summed E-state index contributed by atoms with van der Waals surface area (Å²) in [6.45, 7) is 4.59. The minimum Gasteiger partial charge on any atom is -0.339 e. The van der Waals surface area contributed by atoms with Crippen LogP contribution in [0.3, 0.4) is 0 Å². The highest BCUT2D eigenvalue weighted by molar-refractivity contribution is 7.89. The second-order valence-corrected chi connectivity index (χ2v) is 11.6. The molecular weight excluding hydrogens is 479 g/mol. The number of rotatable bonds is 10. The summed E-state index contributed by atoms with van der Waals surface area (Å²) in [7, 11) is -3.57. The van der Waals surface area contributed by atoms with Crippen molar-refractivity contribution in [2.75, 3.05) is 13.1 Å². The van der Waals surface area contributed by atoms with E-state index in [4.69, 9.17) is 0 Å². The van der Waals surface area contributed by atoms with Crippen LogP contribution in [0, 0.1) is 23.1 Å². The van der Waals surface area contributed by atoms with E-state index in [0.717, 1.165) is 25.7 Å². The maximum Gasteiger partial charge on any atom is 0.243 e.